The minimum Gasteiger partial charge on any atom is -0.504 e. The summed E-state index contributed by atoms with van der Waals surface area (Å²) in [7, 11) is 0. The number of fused-ring (bicyclic) bond motifs is 1. The molecule has 84 valence electrons. The third kappa shape index (κ3) is 1.50. The van der Waals surface area contributed by atoms with Crippen LogP contribution in [0.3, 0.4) is 0 Å². The van der Waals surface area contributed by atoms with Gasteiger partial charge in [-0.25, -0.2) is 4.52 Å². The molecule has 2 aromatic heterocycles. The zero-order valence-corrected chi connectivity index (χ0v) is 8.87. The second-order valence-corrected chi connectivity index (χ2v) is 3.72. The molecule has 0 radical (unpaired) electrons. The summed E-state index contributed by atoms with van der Waals surface area (Å²) in [4.78, 5) is 0. The van der Waals surface area contributed by atoms with Crippen LogP contribution in [-0.2, 0) is 0 Å². The van der Waals surface area contributed by atoms with Crippen molar-refractivity contribution >= 4 is 5.52 Å². The maximum Gasteiger partial charge on any atom is 0.262 e. The van der Waals surface area contributed by atoms with E-state index in [1.807, 2.05) is 18.2 Å². The van der Waals surface area contributed by atoms with Crippen LogP contribution in [0.2, 0.25) is 0 Å². The molecule has 1 aromatic carbocycles. The van der Waals surface area contributed by atoms with Crippen molar-refractivity contribution in [2.45, 2.75) is 0 Å². The fraction of sp³-hybridized carbons (Fsp3) is 0. The van der Waals surface area contributed by atoms with Crippen molar-refractivity contribution in [1.29, 1.82) is 0 Å². The quantitative estimate of drug-likeness (QED) is 0.495. The predicted molar refractivity (Wildman–Crippen MR) is 60.6 cm³/mol. The van der Waals surface area contributed by atoms with E-state index in [0.29, 0.717) is 11.3 Å². The molecule has 0 aliphatic rings. The van der Waals surface area contributed by atoms with E-state index in [4.69, 9.17) is 4.52 Å². The number of phenolic OH excluding ortho intramolecular Hbond substituents is 2. The van der Waals surface area contributed by atoms with Gasteiger partial charge in [0.25, 0.3) is 5.52 Å². The molecule has 4 heteroatoms. The molecule has 0 fully saturated rings. The van der Waals surface area contributed by atoms with E-state index in [0.717, 1.165) is 5.52 Å². The molecule has 0 spiro atoms. The van der Waals surface area contributed by atoms with E-state index >= 15 is 0 Å². The summed E-state index contributed by atoms with van der Waals surface area (Å²) < 4.78 is 7.13. The standard InChI is InChI=1S/C13H9NO3/c15-11-6-3-5-10(13(11)16)12-8-9-4-1-2-7-14(9)17-12/h1-8,15H/p+1. The van der Waals surface area contributed by atoms with Gasteiger partial charge in [0.15, 0.2) is 11.5 Å². The minimum atomic E-state index is -0.174. The molecule has 0 saturated heterocycles. The topological polar surface area (TPSA) is 57.7 Å². The summed E-state index contributed by atoms with van der Waals surface area (Å²) in [5.74, 6) is 0.171. The molecule has 17 heavy (non-hydrogen) atoms. The number of para-hydroxylation sites is 1. The van der Waals surface area contributed by atoms with Gasteiger partial charge in [-0.05, 0) is 18.2 Å². The number of hydrogen-bond donors (Lipinski definition) is 2. The first-order valence-electron chi connectivity index (χ1n) is 5.18. The molecule has 0 unspecified atom stereocenters. The predicted octanol–water partition coefficient (Wildman–Crippen LogP) is 2.10. The molecule has 0 amide bonds. The van der Waals surface area contributed by atoms with Gasteiger partial charge in [-0.1, -0.05) is 6.07 Å². The van der Waals surface area contributed by atoms with Crippen molar-refractivity contribution in [3.8, 4) is 22.8 Å². The Kier molecular flexibility index (Phi) is 2.01. The van der Waals surface area contributed by atoms with Gasteiger partial charge in [-0.2, -0.15) is 0 Å². The van der Waals surface area contributed by atoms with Crippen molar-refractivity contribution in [3.63, 3.8) is 0 Å². The average Bonchev–Trinajstić information content (AvgIpc) is 2.76. The maximum atomic E-state index is 9.76. The normalized spacial score (nSPS) is 10.8. The maximum absolute atomic E-state index is 9.76. The Bertz CT molecular complexity index is 655. The van der Waals surface area contributed by atoms with Crippen LogP contribution >= 0.6 is 0 Å². The lowest BCUT2D eigenvalue weighted by Crippen LogP contribution is -2.15. The number of benzene rings is 1. The van der Waals surface area contributed by atoms with Crippen molar-refractivity contribution in [1.82, 2.24) is 0 Å². The number of pyridine rings is 1. The van der Waals surface area contributed by atoms with E-state index in [1.54, 1.807) is 29.0 Å². The van der Waals surface area contributed by atoms with Crippen LogP contribution in [0.1, 0.15) is 0 Å². The lowest BCUT2D eigenvalue weighted by molar-refractivity contribution is -0.714. The highest BCUT2D eigenvalue weighted by molar-refractivity contribution is 5.70. The highest BCUT2D eigenvalue weighted by atomic mass is 16.5. The van der Waals surface area contributed by atoms with Gasteiger partial charge in [0, 0.05) is 16.7 Å². The monoisotopic (exact) mass is 228 g/mol. The molecule has 0 atom stereocenters. The van der Waals surface area contributed by atoms with E-state index in [2.05, 4.69) is 0 Å². The second-order valence-electron chi connectivity index (χ2n) is 3.72. The SMILES string of the molecule is Oc1cccc(-c2cc3cccc[n+]3o2)c1O. The number of aromatic hydroxyl groups is 2. The summed E-state index contributed by atoms with van der Waals surface area (Å²) >= 11 is 0. The van der Waals surface area contributed by atoms with Crippen molar-refractivity contribution in [2.75, 3.05) is 0 Å². The van der Waals surface area contributed by atoms with Gasteiger partial charge in [-0.15, -0.1) is 0 Å². The second kappa shape index (κ2) is 3.52. The number of hydrogen-bond acceptors (Lipinski definition) is 3. The summed E-state index contributed by atoms with van der Waals surface area (Å²) in [5, 5.41) is 19.2. The van der Waals surface area contributed by atoms with E-state index in [1.165, 1.54) is 6.07 Å². The Morgan fingerprint density at radius 2 is 1.88 bits per heavy atom. The van der Waals surface area contributed by atoms with Gasteiger partial charge < -0.3 is 10.2 Å². The van der Waals surface area contributed by atoms with Gasteiger partial charge in [-0.3, -0.25) is 0 Å². The molecule has 2 heterocycles. The van der Waals surface area contributed by atoms with E-state index < -0.39 is 0 Å². The molecular formula is C13H10NO3+. The highest BCUT2D eigenvalue weighted by Gasteiger charge is 2.17. The zero-order valence-electron chi connectivity index (χ0n) is 8.87. The highest BCUT2D eigenvalue weighted by Crippen LogP contribution is 2.35. The number of aromatic nitrogens is 1. The molecule has 0 bridgehead atoms. The smallest absolute Gasteiger partial charge is 0.262 e. The molecule has 3 aromatic rings. The van der Waals surface area contributed by atoms with Gasteiger partial charge in [0.1, 0.15) is 0 Å². The lowest BCUT2D eigenvalue weighted by Gasteiger charge is -2.00. The van der Waals surface area contributed by atoms with Gasteiger partial charge >= 0.3 is 0 Å². The number of nitrogens with zero attached hydrogens (tertiary/aromatic N) is 1. The third-order valence-electron chi connectivity index (χ3n) is 2.61. The van der Waals surface area contributed by atoms with E-state index in [-0.39, 0.29) is 11.5 Å². The van der Waals surface area contributed by atoms with Crippen LogP contribution in [0, 0.1) is 0 Å². The Labute approximate surface area is 97.0 Å². The fourth-order valence-electron chi connectivity index (χ4n) is 1.76. The Hall–Kier alpha value is -2.49. The largest absolute Gasteiger partial charge is 0.504 e. The number of rotatable bonds is 1. The fourth-order valence-corrected chi connectivity index (χ4v) is 1.76. The summed E-state index contributed by atoms with van der Waals surface area (Å²) in [5.41, 5.74) is 1.35. The first-order chi connectivity index (χ1) is 8.25. The first-order valence-corrected chi connectivity index (χ1v) is 5.18. The van der Waals surface area contributed by atoms with Crippen molar-refractivity contribution in [3.05, 3.63) is 48.7 Å². The Morgan fingerprint density at radius 1 is 1.00 bits per heavy atom. The molecule has 4 nitrogen and oxygen atoms in total. The van der Waals surface area contributed by atoms with E-state index in [9.17, 15) is 10.2 Å². The van der Waals surface area contributed by atoms with Crippen LogP contribution < -0.4 is 4.57 Å². The molecule has 3 rings (SSSR count). The van der Waals surface area contributed by atoms with Crippen molar-refractivity contribution in [2.24, 2.45) is 0 Å². The molecule has 0 aliphatic heterocycles. The number of phenols is 2. The molecule has 0 saturated carbocycles. The van der Waals surface area contributed by atoms with Crippen LogP contribution in [0.5, 0.6) is 11.5 Å². The third-order valence-corrected chi connectivity index (χ3v) is 2.61. The van der Waals surface area contributed by atoms with Crippen LogP contribution in [0.4, 0.5) is 0 Å². The first kappa shape index (κ1) is 9.72. The minimum absolute atomic E-state index is 0.159. The molecular weight excluding hydrogens is 218 g/mol. The Morgan fingerprint density at radius 3 is 2.71 bits per heavy atom. The molecule has 2 N–H and O–H groups in total. The Balaban J connectivity index is 2.24. The summed E-state index contributed by atoms with van der Waals surface area (Å²) in [6.07, 6.45) is 1.78. The van der Waals surface area contributed by atoms with Crippen LogP contribution in [0.15, 0.2) is 53.2 Å². The molecule has 0 aliphatic carbocycles. The van der Waals surface area contributed by atoms with Gasteiger partial charge in [0.2, 0.25) is 12.0 Å². The lowest BCUT2D eigenvalue weighted by atomic mass is 10.1. The zero-order chi connectivity index (χ0) is 11.8. The average molecular weight is 228 g/mol. The van der Waals surface area contributed by atoms with Crippen molar-refractivity contribution < 1.29 is 19.3 Å². The van der Waals surface area contributed by atoms with Gasteiger partial charge in [0.05, 0.1) is 11.6 Å². The van der Waals surface area contributed by atoms with Crippen LogP contribution in [0.25, 0.3) is 16.8 Å². The summed E-state index contributed by atoms with van der Waals surface area (Å²) in [6, 6.07) is 12.2. The summed E-state index contributed by atoms with van der Waals surface area (Å²) in [6.45, 7) is 0. The van der Waals surface area contributed by atoms with Crippen LogP contribution in [-0.4, -0.2) is 10.2 Å².